The molecule has 0 heterocycles. The summed E-state index contributed by atoms with van der Waals surface area (Å²) in [6.45, 7) is 5.53. The zero-order valence-corrected chi connectivity index (χ0v) is 11.4. The zero-order valence-electron chi connectivity index (χ0n) is 11.4. The molecule has 0 bridgehead atoms. The largest absolute Gasteiger partial charge is 0.481 e. The normalized spacial score (nSPS) is 27.1. The first kappa shape index (κ1) is 14.8. The van der Waals surface area contributed by atoms with E-state index in [4.69, 9.17) is 5.11 Å². The molecule has 1 saturated carbocycles. The van der Waals surface area contributed by atoms with Crippen molar-refractivity contribution in [3.63, 3.8) is 0 Å². The van der Waals surface area contributed by atoms with Gasteiger partial charge in [-0.1, -0.05) is 6.92 Å². The SMILES string of the molecule is CC1CCC(NC(=O)NC(C)C(C)C(=O)O)CC1. The van der Waals surface area contributed by atoms with Gasteiger partial charge in [-0.25, -0.2) is 4.79 Å². The molecular weight excluding hydrogens is 232 g/mol. The van der Waals surface area contributed by atoms with Gasteiger partial charge in [0.1, 0.15) is 0 Å². The topological polar surface area (TPSA) is 78.4 Å². The maximum atomic E-state index is 11.7. The molecule has 2 atom stereocenters. The van der Waals surface area contributed by atoms with Gasteiger partial charge in [0.25, 0.3) is 0 Å². The first-order valence-corrected chi connectivity index (χ1v) is 6.70. The first-order chi connectivity index (χ1) is 8.40. The third kappa shape index (κ3) is 4.55. The van der Waals surface area contributed by atoms with Crippen molar-refractivity contribution in [2.45, 2.75) is 58.5 Å². The highest BCUT2D eigenvalue weighted by molar-refractivity contribution is 5.76. The van der Waals surface area contributed by atoms with Gasteiger partial charge in [0.15, 0.2) is 0 Å². The van der Waals surface area contributed by atoms with Gasteiger partial charge in [-0.05, 0) is 45.4 Å². The summed E-state index contributed by atoms with van der Waals surface area (Å²) in [5, 5.41) is 14.5. The van der Waals surface area contributed by atoms with Crippen LogP contribution in [-0.2, 0) is 4.79 Å². The molecule has 1 rings (SSSR count). The van der Waals surface area contributed by atoms with Crippen molar-refractivity contribution < 1.29 is 14.7 Å². The van der Waals surface area contributed by atoms with E-state index in [2.05, 4.69) is 17.6 Å². The summed E-state index contributed by atoms with van der Waals surface area (Å²) in [4.78, 5) is 22.5. The quantitative estimate of drug-likeness (QED) is 0.719. The molecule has 2 amide bonds. The summed E-state index contributed by atoms with van der Waals surface area (Å²) in [6, 6.07) is -0.395. The second kappa shape index (κ2) is 6.61. The number of aliphatic carboxylic acids is 1. The Labute approximate surface area is 108 Å². The van der Waals surface area contributed by atoms with E-state index < -0.39 is 11.9 Å². The molecule has 0 spiro atoms. The second-order valence-corrected chi connectivity index (χ2v) is 5.49. The molecule has 1 aliphatic carbocycles. The Morgan fingerprint density at radius 1 is 1.17 bits per heavy atom. The Bertz CT molecular complexity index is 299. The Balaban J connectivity index is 2.31. The highest BCUT2D eigenvalue weighted by atomic mass is 16.4. The summed E-state index contributed by atoms with van der Waals surface area (Å²) in [7, 11) is 0. The Morgan fingerprint density at radius 2 is 1.72 bits per heavy atom. The first-order valence-electron chi connectivity index (χ1n) is 6.70. The lowest BCUT2D eigenvalue weighted by Crippen LogP contribution is -2.49. The summed E-state index contributed by atoms with van der Waals surface area (Å²) in [5.41, 5.74) is 0. The number of carboxylic acids is 1. The van der Waals surface area contributed by atoms with Crippen LogP contribution in [0.1, 0.15) is 46.5 Å². The monoisotopic (exact) mass is 256 g/mol. The van der Waals surface area contributed by atoms with Gasteiger partial charge < -0.3 is 15.7 Å². The average molecular weight is 256 g/mol. The van der Waals surface area contributed by atoms with Crippen molar-refractivity contribution >= 4 is 12.0 Å². The molecule has 5 nitrogen and oxygen atoms in total. The number of urea groups is 1. The van der Waals surface area contributed by atoms with Crippen molar-refractivity contribution in [3.05, 3.63) is 0 Å². The molecule has 0 aromatic rings. The summed E-state index contributed by atoms with van der Waals surface area (Å²) >= 11 is 0. The number of hydrogen-bond donors (Lipinski definition) is 3. The lowest BCUT2D eigenvalue weighted by Gasteiger charge is -2.28. The van der Waals surface area contributed by atoms with Gasteiger partial charge in [0, 0.05) is 12.1 Å². The number of amides is 2. The van der Waals surface area contributed by atoms with Crippen LogP contribution in [0.2, 0.25) is 0 Å². The number of hydrogen-bond acceptors (Lipinski definition) is 2. The number of carbonyl (C=O) groups excluding carboxylic acids is 1. The maximum Gasteiger partial charge on any atom is 0.315 e. The molecule has 1 fully saturated rings. The van der Waals surface area contributed by atoms with Crippen LogP contribution < -0.4 is 10.6 Å². The molecule has 0 radical (unpaired) electrons. The van der Waals surface area contributed by atoms with E-state index in [1.54, 1.807) is 13.8 Å². The van der Waals surface area contributed by atoms with Gasteiger partial charge >= 0.3 is 12.0 Å². The molecule has 3 N–H and O–H groups in total. The number of carboxylic acid groups (broad SMARTS) is 1. The van der Waals surface area contributed by atoms with Crippen LogP contribution in [0.4, 0.5) is 4.79 Å². The van der Waals surface area contributed by atoms with Crippen molar-refractivity contribution in [1.82, 2.24) is 10.6 Å². The second-order valence-electron chi connectivity index (χ2n) is 5.49. The van der Waals surface area contributed by atoms with E-state index in [-0.39, 0.29) is 18.1 Å². The molecule has 0 aromatic heterocycles. The van der Waals surface area contributed by atoms with Crippen LogP contribution in [-0.4, -0.2) is 29.2 Å². The van der Waals surface area contributed by atoms with Crippen LogP contribution in [0.5, 0.6) is 0 Å². The Hall–Kier alpha value is -1.26. The predicted molar refractivity (Wildman–Crippen MR) is 69.3 cm³/mol. The number of rotatable bonds is 4. The van der Waals surface area contributed by atoms with Crippen LogP contribution in [0.3, 0.4) is 0 Å². The molecule has 0 aliphatic heterocycles. The summed E-state index contributed by atoms with van der Waals surface area (Å²) in [5.74, 6) is -0.728. The zero-order chi connectivity index (χ0) is 13.7. The van der Waals surface area contributed by atoms with Gasteiger partial charge in [0.05, 0.1) is 5.92 Å². The molecular formula is C13H24N2O3. The van der Waals surface area contributed by atoms with Gasteiger partial charge in [-0.2, -0.15) is 0 Å². The number of carbonyl (C=O) groups is 2. The third-order valence-corrected chi connectivity index (χ3v) is 3.85. The van der Waals surface area contributed by atoms with Crippen molar-refractivity contribution in [2.24, 2.45) is 11.8 Å². The molecule has 1 aliphatic rings. The van der Waals surface area contributed by atoms with E-state index in [9.17, 15) is 9.59 Å². The highest BCUT2D eigenvalue weighted by Gasteiger charge is 2.23. The van der Waals surface area contributed by atoms with E-state index in [1.165, 1.54) is 0 Å². The van der Waals surface area contributed by atoms with Crippen LogP contribution in [0.25, 0.3) is 0 Å². The lowest BCUT2D eigenvalue weighted by atomic mass is 9.87. The highest BCUT2D eigenvalue weighted by Crippen LogP contribution is 2.23. The minimum atomic E-state index is -0.894. The maximum absolute atomic E-state index is 11.7. The van der Waals surface area contributed by atoms with E-state index in [1.807, 2.05) is 0 Å². The van der Waals surface area contributed by atoms with Gasteiger partial charge in [-0.15, -0.1) is 0 Å². The van der Waals surface area contributed by atoms with E-state index >= 15 is 0 Å². The van der Waals surface area contributed by atoms with E-state index in [0.29, 0.717) is 0 Å². The lowest BCUT2D eigenvalue weighted by molar-refractivity contribution is -0.141. The fourth-order valence-electron chi connectivity index (χ4n) is 2.18. The van der Waals surface area contributed by atoms with Crippen molar-refractivity contribution in [2.75, 3.05) is 0 Å². The molecule has 104 valence electrons. The standard InChI is InChI=1S/C13H24N2O3/c1-8-4-6-11(7-5-8)15-13(18)14-10(3)9(2)12(16)17/h8-11H,4-7H2,1-3H3,(H,16,17)(H2,14,15,18). The fourth-order valence-corrected chi connectivity index (χ4v) is 2.18. The van der Waals surface area contributed by atoms with Crippen LogP contribution in [0, 0.1) is 11.8 Å². The molecule has 0 aromatic carbocycles. The van der Waals surface area contributed by atoms with Crippen molar-refractivity contribution in [1.29, 1.82) is 0 Å². The van der Waals surface area contributed by atoms with Gasteiger partial charge in [0.2, 0.25) is 0 Å². The predicted octanol–water partition coefficient (Wildman–Crippen LogP) is 1.97. The van der Waals surface area contributed by atoms with Crippen LogP contribution in [0.15, 0.2) is 0 Å². The average Bonchev–Trinajstić information content (AvgIpc) is 2.30. The molecule has 2 unspecified atom stereocenters. The minimum absolute atomic E-state index is 0.230. The summed E-state index contributed by atoms with van der Waals surface area (Å²) in [6.07, 6.45) is 4.31. The Morgan fingerprint density at radius 3 is 2.22 bits per heavy atom. The summed E-state index contributed by atoms with van der Waals surface area (Å²) < 4.78 is 0. The minimum Gasteiger partial charge on any atom is -0.481 e. The Kier molecular flexibility index (Phi) is 5.44. The molecule has 18 heavy (non-hydrogen) atoms. The van der Waals surface area contributed by atoms with Crippen molar-refractivity contribution in [3.8, 4) is 0 Å². The third-order valence-electron chi connectivity index (χ3n) is 3.85. The van der Waals surface area contributed by atoms with E-state index in [0.717, 1.165) is 31.6 Å². The molecule has 0 saturated heterocycles. The molecule has 5 heteroatoms. The smallest absolute Gasteiger partial charge is 0.315 e. The van der Waals surface area contributed by atoms with Crippen LogP contribution >= 0.6 is 0 Å². The fraction of sp³-hybridized carbons (Fsp3) is 0.846. The number of nitrogens with one attached hydrogen (secondary N) is 2. The van der Waals surface area contributed by atoms with Gasteiger partial charge in [-0.3, -0.25) is 4.79 Å².